The highest BCUT2D eigenvalue weighted by molar-refractivity contribution is 5.20. The first kappa shape index (κ1) is 13.5. The van der Waals surface area contributed by atoms with Crippen molar-refractivity contribution in [3.63, 3.8) is 0 Å². The second kappa shape index (κ2) is 9.96. The van der Waals surface area contributed by atoms with Gasteiger partial charge in [-0.25, -0.2) is 0 Å². The molecule has 0 amide bonds. The van der Waals surface area contributed by atoms with E-state index in [0.29, 0.717) is 0 Å². The molecule has 0 fully saturated rings. The van der Waals surface area contributed by atoms with Crippen molar-refractivity contribution in [3.8, 4) is 0 Å². The fourth-order valence-electron chi connectivity index (χ4n) is 0.846. The van der Waals surface area contributed by atoms with Crippen LogP contribution in [-0.4, -0.2) is 0 Å². The van der Waals surface area contributed by atoms with Crippen LogP contribution < -0.4 is 0 Å². The Kier molecular flexibility index (Phi) is 11.2. The van der Waals surface area contributed by atoms with Gasteiger partial charge in [-0.15, -0.1) is 26.3 Å². The molecule has 0 aromatic carbocycles. The van der Waals surface area contributed by atoms with Gasteiger partial charge < -0.3 is 0 Å². The lowest BCUT2D eigenvalue weighted by Gasteiger charge is -2.05. The van der Waals surface area contributed by atoms with Crippen molar-refractivity contribution in [1.82, 2.24) is 0 Å². The molecule has 0 aromatic rings. The summed E-state index contributed by atoms with van der Waals surface area (Å²) in [6.45, 7) is 16.4. The summed E-state index contributed by atoms with van der Waals surface area (Å²) < 4.78 is 0. The lowest BCUT2D eigenvalue weighted by molar-refractivity contribution is 0.906. The molecule has 0 nitrogen and oxygen atoms in total. The minimum absolute atomic E-state index is 1.27. The summed E-state index contributed by atoms with van der Waals surface area (Å²) in [6.07, 6.45) is 6.95. The first-order valence-corrected chi connectivity index (χ1v) is 4.12. The van der Waals surface area contributed by atoms with E-state index >= 15 is 0 Å². The molecule has 0 saturated heterocycles. The Labute approximate surface area is 77.0 Å². The standard InChI is InChI=1S/C8H12.2C2H4/c1-7-3-5-8(2)6-4-7;2*1-2/h3,5H,4,6H2,1-2H3;2*1-2H2. The fraction of sp³-hybridized carbons (Fsp3) is 0.333. The third-order valence-corrected chi connectivity index (χ3v) is 1.57. The summed E-state index contributed by atoms with van der Waals surface area (Å²) in [4.78, 5) is 0. The van der Waals surface area contributed by atoms with E-state index in [4.69, 9.17) is 0 Å². The highest BCUT2D eigenvalue weighted by Crippen LogP contribution is 2.15. The number of hydrogen-bond donors (Lipinski definition) is 0. The molecule has 0 radical (unpaired) electrons. The van der Waals surface area contributed by atoms with Crippen molar-refractivity contribution in [1.29, 1.82) is 0 Å². The Balaban J connectivity index is 0. The van der Waals surface area contributed by atoms with Crippen LogP contribution in [0.2, 0.25) is 0 Å². The van der Waals surface area contributed by atoms with Crippen molar-refractivity contribution in [3.05, 3.63) is 49.6 Å². The van der Waals surface area contributed by atoms with Crippen LogP contribution in [0.25, 0.3) is 0 Å². The molecule has 0 aliphatic heterocycles. The Bertz CT molecular complexity index is 141. The van der Waals surface area contributed by atoms with E-state index in [1.54, 1.807) is 0 Å². The number of hydrogen-bond acceptors (Lipinski definition) is 0. The Morgan fingerprint density at radius 2 is 1.08 bits per heavy atom. The van der Waals surface area contributed by atoms with Crippen LogP contribution in [0.4, 0.5) is 0 Å². The molecular formula is C12H20. The van der Waals surface area contributed by atoms with Gasteiger partial charge >= 0.3 is 0 Å². The second-order valence-corrected chi connectivity index (χ2v) is 2.53. The summed E-state index contributed by atoms with van der Waals surface area (Å²) in [5.41, 5.74) is 3.02. The van der Waals surface area contributed by atoms with E-state index in [2.05, 4.69) is 52.3 Å². The predicted molar refractivity (Wildman–Crippen MR) is 59.3 cm³/mol. The first-order valence-electron chi connectivity index (χ1n) is 4.12. The molecule has 0 bridgehead atoms. The van der Waals surface area contributed by atoms with Crippen LogP contribution in [-0.2, 0) is 0 Å². The number of rotatable bonds is 0. The Morgan fingerprint density at radius 1 is 0.833 bits per heavy atom. The van der Waals surface area contributed by atoms with Crippen LogP contribution in [0.3, 0.4) is 0 Å². The van der Waals surface area contributed by atoms with Gasteiger partial charge in [0.2, 0.25) is 0 Å². The maximum atomic E-state index is 3.00. The maximum absolute atomic E-state index is 3.00. The molecule has 0 spiro atoms. The van der Waals surface area contributed by atoms with E-state index in [9.17, 15) is 0 Å². The van der Waals surface area contributed by atoms with Gasteiger partial charge in [-0.1, -0.05) is 23.3 Å². The highest BCUT2D eigenvalue weighted by Gasteiger charge is 1.95. The SMILES string of the molecule is C=C.C=C.CC1=CC=C(C)CC1. The van der Waals surface area contributed by atoms with E-state index in [1.807, 2.05) is 0 Å². The highest BCUT2D eigenvalue weighted by atomic mass is 14.0. The molecule has 1 aliphatic carbocycles. The van der Waals surface area contributed by atoms with Gasteiger partial charge in [0.05, 0.1) is 0 Å². The molecule has 0 N–H and O–H groups in total. The second-order valence-electron chi connectivity index (χ2n) is 2.53. The largest absolute Gasteiger partial charge is 0.106 e. The van der Waals surface area contributed by atoms with Crippen LogP contribution in [0.15, 0.2) is 49.6 Å². The molecule has 0 aromatic heterocycles. The van der Waals surface area contributed by atoms with E-state index < -0.39 is 0 Å². The lowest BCUT2D eigenvalue weighted by atomic mass is 10.0. The monoisotopic (exact) mass is 164 g/mol. The zero-order chi connectivity index (χ0) is 9.98. The molecule has 0 atom stereocenters. The van der Waals surface area contributed by atoms with E-state index in [0.717, 1.165) is 0 Å². The zero-order valence-electron chi connectivity index (χ0n) is 8.40. The van der Waals surface area contributed by atoms with Crippen LogP contribution in [0.1, 0.15) is 26.7 Å². The van der Waals surface area contributed by atoms with Crippen LogP contribution in [0.5, 0.6) is 0 Å². The van der Waals surface area contributed by atoms with Gasteiger partial charge in [0.15, 0.2) is 0 Å². The molecule has 68 valence electrons. The Hall–Kier alpha value is -1.04. The van der Waals surface area contributed by atoms with Gasteiger partial charge in [-0.3, -0.25) is 0 Å². The van der Waals surface area contributed by atoms with Crippen molar-refractivity contribution in [2.45, 2.75) is 26.7 Å². The van der Waals surface area contributed by atoms with Crippen LogP contribution >= 0.6 is 0 Å². The van der Waals surface area contributed by atoms with Gasteiger partial charge in [0, 0.05) is 0 Å². The van der Waals surface area contributed by atoms with E-state index in [-0.39, 0.29) is 0 Å². The van der Waals surface area contributed by atoms with Crippen LogP contribution in [0, 0.1) is 0 Å². The summed E-state index contributed by atoms with van der Waals surface area (Å²) >= 11 is 0. The first-order chi connectivity index (χ1) is 5.79. The minimum Gasteiger partial charge on any atom is -0.106 e. The summed E-state index contributed by atoms with van der Waals surface area (Å²) in [7, 11) is 0. The summed E-state index contributed by atoms with van der Waals surface area (Å²) in [5, 5.41) is 0. The fourth-order valence-corrected chi connectivity index (χ4v) is 0.846. The predicted octanol–water partition coefficient (Wildman–Crippen LogP) is 4.28. The van der Waals surface area contributed by atoms with Crippen molar-refractivity contribution in [2.24, 2.45) is 0 Å². The summed E-state index contributed by atoms with van der Waals surface area (Å²) in [5.74, 6) is 0. The third kappa shape index (κ3) is 7.07. The third-order valence-electron chi connectivity index (χ3n) is 1.57. The van der Waals surface area contributed by atoms with Crippen molar-refractivity contribution < 1.29 is 0 Å². The van der Waals surface area contributed by atoms with E-state index in [1.165, 1.54) is 24.0 Å². The van der Waals surface area contributed by atoms with Gasteiger partial charge in [0.1, 0.15) is 0 Å². The molecule has 0 heterocycles. The molecule has 12 heavy (non-hydrogen) atoms. The average molecular weight is 164 g/mol. The van der Waals surface area contributed by atoms with Gasteiger partial charge in [-0.2, -0.15) is 0 Å². The molecule has 1 aliphatic rings. The molecule has 1 rings (SSSR count). The summed E-state index contributed by atoms with van der Waals surface area (Å²) in [6, 6.07) is 0. The normalized spacial score (nSPS) is 13.8. The van der Waals surface area contributed by atoms with Gasteiger partial charge in [0.25, 0.3) is 0 Å². The van der Waals surface area contributed by atoms with Gasteiger partial charge in [-0.05, 0) is 26.7 Å². The lowest BCUT2D eigenvalue weighted by Crippen LogP contribution is -1.85. The topological polar surface area (TPSA) is 0 Å². The number of allylic oxidation sites excluding steroid dienone is 4. The average Bonchev–Trinajstić information content (AvgIpc) is 2.17. The zero-order valence-corrected chi connectivity index (χ0v) is 8.40. The minimum atomic E-state index is 1.27. The maximum Gasteiger partial charge on any atom is -0.0283 e. The van der Waals surface area contributed by atoms with Crippen molar-refractivity contribution >= 4 is 0 Å². The quantitative estimate of drug-likeness (QED) is 0.469. The molecule has 0 saturated carbocycles. The smallest absolute Gasteiger partial charge is 0.0283 e. The van der Waals surface area contributed by atoms with Crippen molar-refractivity contribution in [2.75, 3.05) is 0 Å². The molecule has 0 unspecified atom stereocenters. The Morgan fingerprint density at radius 3 is 1.25 bits per heavy atom. The molecular weight excluding hydrogens is 144 g/mol. The molecule has 0 heteroatoms.